The van der Waals surface area contributed by atoms with Crippen LogP contribution in [0.25, 0.3) is 0 Å². The average Bonchev–Trinajstić information content (AvgIpc) is 2.45. The molecule has 1 aliphatic carbocycles. The molecule has 1 saturated heterocycles. The van der Waals surface area contributed by atoms with Crippen molar-refractivity contribution in [2.24, 2.45) is 5.73 Å². The SMILES string of the molecule is NC1(C(=O)NCCCN2CCNCC2)CCCCC1. The Morgan fingerprint density at radius 2 is 1.89 bits per heavy atom. The number of nitrogens with two attached hydrogens (primary N) is 1. The normalized spacial score (nSPS) is 24.1. The Bertz CT molecular complexity index is 283. The zero-order valence-corrected chi connectivity index (χ0v) is 11.9. The van der Waals surface area contributed by atoms with Crippen LogP contribution in [-0.2, 0) is 4.79 Å². The van der Waals surface area contributed by atoms with E-state index in [1.165, 1.54) is 6.42 Å². The van der Waals surface area contributed by atoms with Gasteiger partial charge in [0.1, 0.15) is 0 Å². The van der Waals surface area contributed by atoms with Gasteiger partial charge in [0, 0.05) is 32.7 Å². The van der Waals surface area contributed by atoms with Gasteiger partial charge in [-0.3, -0.25) is 4.79 Å². The Hall–Kier alpha value is -0.650. The summed E-state index contributed by atoms with van der Waals surface area (Å²) in [5.41, 5.74) is 5.61. The van der Waals surface area contributed by atoms with Gasteiger partial charge in [0.2, 0.25) is 5.91 Å². The first-order valence-electron chi connectivity index (χ1n) is 7.71. The van der Waals surface area contributed by atoms with Crippen LogP contribution in [-0.4, -0.2) is 55.6 Å². The Kier molecular flexibility index (Phi) is 5.60. The maximum atomic E-state index is 12.1. The van der Waals surface area contributed by atoms with Crippen LogP contribution in [0.5, 0.6) is 0 Å². The molecular formula is C14H28N4O. The molecule has 0 atom stereocenters. The molecule has 1 amide bonds. The predicted molar refractivity (Wildman–Crippen MR) is 76.9 cm³/mol. The number of nitrogens with one attached hydrogen (secondary N) is 2. The van der Waals surface area contributed by atoms with Crippen molar-refractivity contribution in [2.45, 2.75) is 44.1 Å². The highest BCUT2D eigenvalue weighted by molar-refractivity contribution is 5.86. The van der Waals surface area contributed by atoms with Crippen molar-refractivity contribution in [1.29, 1.82) is 0 Å². The first-order chi connectivity index (χ1) is 9.21. The molecule has 2 aliphatic rings. The highest BCUT2D eigenvalue weighted by Gasteiger charge is 2.34. The Morgan fingerprint density at radius 1 is 1.21 bits per heavy atom. The van der Waals surface area contributed by atoms with Crippen LogP contribution in [0.3, 0.4) is 0 Å². The van der Waals surface area contributed by atoms with Gasteiger partial charge in [-0.2, -0.15) is 0 Å². The van der Waals surface area contributed by atoms with Crippen LogP contribution >= 0.6 is 0 Å². The number of nitrogens with zero attached hydrogens (tertiary/aromatic N) is 1. The summed E-state index contributed by atoms with van der Waals surface area (Å²) in [6, 6.07) is 0. The van der Waals surface area contributed by atoms with Crippen LogP contribution < -0.4 is 16.4 Å². The molecule has 1 heterocycles. The van der Waals surface area contributed by atoms with E-state index in [1.807, 2.05) is 0 Å². The van der Waals surface area contributed by atoms with Crippen LogP contribution in [0, 0.1) is 0 Å². The minimum Gasteiger partial charge on any atom is -0.354 e. The van der Waals surface area contributed by atoms with Gasteiger partial charge in [-0.25, -0.2) is 0 Å². The van der Waals surface area contributed by atoms with E-state index in [9.17, 15) is 4.79 Å². The molecule has 2 fully saturated rings. The third-order valence-corrected chi connectivity index (χ3v) is 4.34. The predicted octanol–water partition coefficient (Wildman–Crippen LogP) is 0.0595. The second kappa shape index (κ2) is 7.22. The van der Waals surface area contributed by atoms with Gasteiger partial charge in [0.15, 0.2) is 0 Å². The van der Waals surface area contributed by atoms with Crippen LogP contribution in [0.15, 0.2) is 0 Å². The maximum Gasteiger partial charge on any atom is 0.240 e. The van der Waals surface area contributed by atoms with Gasteiger partial charge in [0.25, 0.3) is 0 Å². The first-order valence-corrected chi connectivity index (χ1v) is 7.71. The molecule has 0 bridgehead atoms. The van der Waals surface area contributed by atoms with Crippen molar-refractivity contribution < 1.29 is 4.79 Å². The standard InChI is InChI=1S/C14H28N4O/c15-14(5-2-1-3-6-14)13(19)17-7-4-10-18-11-8-16-9-12-18/h16H,1-12,15H2,(H,17,19). The van der Waals surface area contributed by atoms with Crippen molar-refractivity contribution in [1.82, 2.24) is 15.5 Å². The minimum atomic E-state index is -0.590. The average molecular weight is 268 g/mol. The van der Waals surface area contributed by atoms with Gasteiger partial charge in [-0.1, -0.05) is 19.3 Å². The van der Waals surface area contributed by atoms with Crippen molar-refractivity contribution in [2.75, 3.05) is 39.3 Å². The van der Waals surface area contributed by atoms with Gasteiger partial charge in [-0.05, 0) is 25.8 Å². The third kappa shape index (κ3) is 4.44. The van der Waals surface area contributed by atoms with Gasteiger partial charge < -0.3 is 21.3 Å². The van der Waals surface area contributed by atoms with E-state index in [2.05, 4.69) is 15.5 Å². The highest BCUT2D eigenvalue weighted by Crippen LogP contribution is 2.25. The van der Waals surface area contributed by atoms with E-state index >= 15 is 0 Å². The van der Waals surface area contributed by atoms with E-state index < -0.39 is 5.54 Å². The molecule has 5 heteroatoms. The van der Waals surface area contributed by atoms with E-state index in [-0.39, 0.29) is 5.91 Å². The second-order valence-electron chi connectivity index (χ2n) is 5.92. The van der Waals surface area contributed by atoms with E-state index in [1.54, 1.807) is 0 Å². The fourth-order valence-electron chi connectivity index (χ4n) is 3.03. The molecule has 0 aromatic carbocycles. The lowest BCUT2D eigenvalue weighted by atomic mass is 9.82. The molecule has 0 radical (unpaired) electrons. The summed E-state index contributed by atoms with van der Waals surface area (Å²) in [5.74, 6) is 0.0625. The number of piperazine rings is 1. The van der Waals surface area contributed by atoms with Crippen molar-refractivity contribution in [3.05, 3.63) is 0 Å². The van der Waals surface area contributed by atoms with Crippen molar-refractivity contribution in [3.63, 3.8) is 0 Å². The fraction of sp³-hybridized carbons (Fsp3) is 0.929. The lowest BCUT2D eigenvalue weighted by Gasteiger charge is -2.32. The van der Waals surface area contributed by atoms with Gasteiger partial charge >= 0.3 is 0 Å². The first kappa shape index (κ1) is 14.8. The smallest absolute Gasteiger partial charge is 0.240 e. The second-order valence-corrected chi connectivity index (χ2v) is 5.92. The molecule has 1 saturated carbocycles. The molecule has 5 nitrogen and oxygen atoms in total. The lowest BCUT2D eigenvalue weighted by molar-refractivity contribution is -0.127. The number of carbonyl (C=O) groups excluding carboxylic acids is 1. The Labute approximate surface area is 116 Å². The minimum absolute atomic E-state index is 0.0625. The molecule has 1 aliphatic heterocycles. The molecule has 0 spiro atoms. The van der Waals surface area contributed by atoms with Crippen molar-refractivity contribution in [3.8, 4) is 0 Å². The molecule has 2 rings (SSSR count). The topological polar surface area (TPSA) is 70.4 Å². The zero-order chi connectivity index (χ0) is 13.6. The number of hydrogen-bond donors (Lipinski definition) is 3. The molecule has 0 unspecified atom stereocenters. The summed E-state index contributed by atoms with van der Waals surface area (Å²) >= 11 is 0. The molecule has 0 aromatic rings. The Balaban J connectivity index is 1.60. The summed E-state index contributed by atoms with van der Waals surface area (Å²) in [4.78, 5) is 14.6. The third-order valence-electron chi connectivity index (χ3n) is 4.34. The quantitative estimate of drug-likeness (QED) is 0.617. The molecule has 110 valence electrons. The summed E-state index contributed by atoms with van der Waals surface area (Å²) in [6.07, 6.45) is 6.10. The molecule has 4 N–H and O–H groups in total. The lowest BCUT2D eigenvalue weighted by Crippen LogP contribution is -2.55. The molecular weight excluding hydrogens is 240 g/mol. The number of carbonyl (C=O) groups is 1. The fourth-order valence-corrected chi connectivity index (χ4v) is 3.03. The van der Waals surface area contributed by atoms with Crippen LogP contribution in [0.1, 0.15) is 38.5 Å². The zero-order valence-electron chi connectivity index (χ0n) is 11.9. The highest BCUT2D eigenvalue weighted by atomic mass is 16.2. The summed E-state index contributed by atoms with van der Waals surface area (Å²) < 4.78 is 0. The van der Waals surface area contributed by atoms with Crippen LogP contribution in [0.4, 0.5) is 0 Å². The van der Waals surface area contributed by atoms with Gasteiger partial charge in [0.05, 0.1) is 5.54 Å². The van der Waals surface area contributed by atoms with Gasteiger partial charge in [-0.15, -0.1) is 0 Å². The van der Waals surface area contributed by atoms with Crippen molar-refractivity contribution >= 4 is 5.91 Å². The Morgan fingerprint density at radius 3 is 2.58 bits per heavy atom. The number of amides is 1. The van der Waals surface area contributed by atoms with E-state index in [0.717, 1.165) is 71.4 Å². The summed E-state index contributed by atoms with van der Waals surface area (Å²) in [6.45, 7) is 6.22. The largest absolute Gasteiger partial charge is 0.354 e. The summed E-state index contributed by atoms with van der Waals surface area (Å²) in [7, 11) is 0. The monoisotopic (exact) mass is 268 g/mol. The maximum absolute atomic E-state index is 12.1. The number of hydrogen-bond acceptors (Lipinski definition) is 4. The number of rotatable bonds is 5. The van der Waals surface area contributed by atoms with E-state index in [0.29, 0.717) is 0 Å². The van der Waals surface area contributed by atoms with E-state index in [4.69, 9.17) is 5.73 Å². The van der Waals surface area contributed by atoms with Crippen LogP contribution in [0.2, 0.25) is 0 Å². The summed E-state index contributed by atoms with van der Waals surface area (Å²) in [5, 5.41) is 6.37. The molecule has 0 aromatic heterocycles. The molecule has 19 heavy (non-hydrogen) atoms.